The van der Waals surface area contributed by atoms with Gasteiger partial charge in [0.15, 0.2) is 0 Å². The molecule has 0 aliphatic carbocycles. The predicted molar refractivity (Wildman–Crippen MR) is 57.0 cm³/mol. The van der Waals surface area contributed by atoms with E-state index < -0.39 is 0 Å². The molecule has 0 aromatic heterocycles. The zero-order chi connectivity index (χ0) is 10.4. The second-order valence-corrected chi connectivity index (χ2v) is 4.49. The smallest absolute Gasteiger partial charge is 0.237 e. The van der Waals surface area contributed by atoms with Gasteiger partial charge in [-0.05, 0) is 11.8 Å². The van der Waals surface area contributed by atoms with Crippen LogP contribution in [0, 0.1) is 11.8 Å². The Hall–Kier alpha value is -0.240. The third-order valence-corrected chi connectivity index (χ3v) is 1.87. The standard InChI is InChI=1S/C10H20ClNO/c1-8(2)6-12(7-9(3)4)10(13)5-11/h8-9H,5-7H2,1-4H3. The fraction of sp³-hybridized carbons (Fsp3) is 0.900. The lowest BCUT2D eigenvalue weighted by atomic mass is 10.1. The van der Waals surface area contributed by atoms with E-state index in [9.17, 15) is 4.79 Å². The summed E-state index contributed by atoms with van der Waals surface area (Å²) in [5.74, 6) is 1.15. The van der Waals surface area contributed by atoms with E-state index >= 15 is 0 Å². The van der Waals surface area contributed by atoms with Crippen LogP contribution < -0.4 is 0 Å². The Bertz CT molecular complexity index is 147. The molecular weight excluding hydrogens is 186 g/mol. The predicted octanol–water partition coefficient (Wildman–Crippen LogP) is 2.37. The molecule has 13 heavy (non-hydrogen) atoms. The topological polar surface area (TPSA) is 20.3 Å². The van der Waals surface area contributed by atoms with Crippen LogP contribution in [-0.2, 0) is 4.79 Å². The number of hydrogen-bond acceptors (Lipinski definition) is 1. The summed E-state index contributed by atoms with van der Waals surface area (Å²) in [5.41, 5.74) is 0. The lowest BCUT2D eigenvalue weighted by Crippen LogP contribution is -2.37. The molecule has 0 saturated carbocycles. The number of carbonyl (C=O) groups excluding carboxylic acids is 1. The Morgan fingerprint density at radius 1 is 1.15 bits per heavy atom. The monoisotopic (exact) mass is 205 g/mol. The van der Waals surface area contributed by atoms with Gasteiger partial charge in [0.1, 0.15) is 5.88 Å². The van der Waals surface area contributed by atoms with Crippen molar-refractivity contribution in [1.82, 2.24) is 4.90 Å². The Kier molecular flexibility index (Phi) is 6.13. The minimum atomic E-state index is 0.0454. The lowest BCUT2D eigenvalue weighted by molar-refractivity contribution is -0.129. The summed E-state index contributed by atoms with van der Waals surface area (Å²) < 4.78 is 0. The van der Waals surface area contributed by atoms with Gasteiger partial charge in [-0.25, -0.2) is 0 Å². The van der Waals surface area contributed by atoms with Gasteiger partial charge in [0, 0.05) is 13.1 Å². The molecule has 0 aromatic carbocycles. The maximum atomic E-state index is 11.4. The Balaban J connectivity index is 4.10. The second kappa shape index (κ2) is 6.25. The Morgan fingerprint density at radius 2 is 1.54 bits per heavy atom. The maximum Gasteiger partial charge on any atom is 0.237 e. The summed E-state index contributed by atoms with van der Waals surface area (Å²) in [6, 6.07) is 0. The second-order valence-electron chi connectivity index (χ2n) is 4.22. The third-order valence-electron chi connectivity index (χ3n) is 1.64. The Labute approximate surface area is 86.2 Å². The normalized spacial score (nSPS) is 11.0. The number of carbonyl (C=O) groups is 1. The highest BCUT2D eigenvalue weighted by atomic mass is 35.5. The summed E-state index contributed by atoms with van der Waals surface area (Å²) >= 11 is 5.52. The molecule has 0 aliphatic rings. The van der Waals surface area contributed by atoms with Crippen LogP contribution in [0.3, 0.4) is 0 Å². The van der Waals surface area contributed by atoms with Gasteiger partial charge in [-0.2, -0.15) is 0 Å². The molecule has 0 unspecified atom stereocenters. The molecule has 0 saturated heterocycles. The van der Waals surface area contributed by atoms with Gasteiger partial charge in [0.05, 0.1) is 0 Å². The minimum absolute atomic E-state index is 0.0454. The number of nitrogens with zero attached hydrogens (tertiary/aromatic N) is 1. The van der Waals surface area contributed by atoms with E-state index in [0.29, 0.717) is 11.8 Å². The number of hydrogen-bond donors (Lipinski definition) is 0. The molecule has 0 aromatic rings. The first-order valence-corrected chi connectivity index (χ1v) is 5.34. The van der Waals surface area contributed by atoms with Crippen molar-refractivity contribution in [2.45, 2.75) is 27.7 Å². The van der Waals surface area contributed by atoms with Crippen LogP contribution in [0.15, 0.2) is 0 Å². The third kappa shape index (κ3) is 5.92. The number of alkyl halides is 1. The first-order valence-electron chi connectivity index (χ1n) is 4.81. The molecule has 1 amide bonds. The van der Waals surface area contributed by atoms with Gasteiger partial charge in [-0.3, -0.25) is 4.79 Å². The van der Waals surface area contributed by atoms with Crippen LogP contribution >= 0.6 is 11.6 Å². The highest BCUT2D eigenvalue weighted by Crippen LogP contribution is 2.04. The molecule has 78 valence electrons. The lowest BCUT2D eigenvalue weighted by Gasteiger charge is -2.25. The first-order chi connectivity index (χ1) is 5.97. The van der Waals surface area contributed by atoms with E-state index in [0.717, 1.165) is 13.1 Å². The molecule has 0 fully saturated rings. The molecule has 0 atom stereocenters. The van der Waals surface area contributed by atoms with Crippen LogP contribution in [-0.4, -0.2) is 29.8 Å². The van der Waals surface area contributed by atoms with Crippen molar-refractivity contribution in [3.8, 4) is 0 Å². The van der Waals surface area contributed by atoms with E-state index in [4.69, 9.17) is 11.6 Å². The van der Waals surface area contributed by atoms with E-state index in [-0.39, 0.29) is 11.8 Å². The largest absolute Gasteiger partial charge is 0.341 e. The molecular formula is C10H20ClNO. The van der Waals surface area contributed by atoms with Gasteiger partial charge in [-0.1, -0.05) is 27.7 Å². The average molecular weight is 206 g/mol. The summed E-state index contributed by atoms with van der Waals surface area (Å²) in [5, 5.41) is 0. The first kappa shape index (κ1) is 12.8. The van der Waals surface area contributed by atoms with Crippen LogP contribution in [0.2, 0.25) is 0 Å². The quantitative estimate of drug-likeness (QED) is 0.632. The molecule has 0 bridgehead atoms. The molecule has 0 spiro atoms. The van der Waals surface area contributed by atoms with Crippen LogP contribution in [0.4, 0.5) is 0 Å². The van der Waals surface area contributed by atoms with Gasteiger partial charge in [0.25, 0.3) is 0 Å². The molecule has 0 aliphatic heterocycles. The average Bonchev–Trinajstić information content (AvgIpc) is 2.00. The minimum Gasteiger partial charge on any atom is -0.341 e. The summed E-state index contributed by atoms with van der Waals surface area (Å²) in [7, 11) is 0. The van der Waals surface area contributed by atoms with Crippen LogP contribution in [0.1, 0.15) is 27.7 Å². The van der Waals surface area contributed by atoms with Crippen molar-refractivity contribution < 1.29 is 4.79 Å². The number of rotatable bonds is 5. The zero-order valence-electron chi connectivity index (χ0n) is 9.01. The highest BCUT2D eigenvalue weighted by molar-refractivity contribution is 6.27. The van der Waals surface area contributed by atoms with Crippen molar-refractivity contribution in [2.24, 2.45) is 11.8 Å². The van der Waals surface area contributed by atoms with Gasteiger partial charge < -0.3 is 4.90 Å². The van der Waals surface area contributed by atoms with E-state index in [1.807, 2.05) is 4.90 Å². The van der Waals surface area contributed by atoms with Crippen molar-refractivity contribution in [1.29, 1.82) is 0 Å². The van der Waals surface area contributed by atoms with E-state index in [1.54, 1.807) is 0 Å². The SMILES string of the molecule is CC(C)CN(CC(C)C)C(=O)CCl. The molecule has 0 heterocycles. The van der Waals surface area contributed by atoms with E-state index in [2.05, 4.69) is 27.7 Å². The molecule has 0 rings (SSSR count). The van der Waals surface area contributed by atoms with Crippen LogP contribution in [0.5, 0.6) is 0 Å². The van der Waals surface area contributed by atoms with Crippen molar-refractivity contribution in [3.63, 3.8) is 0 Å². The zero-order valence-corrected chi connectivity index (χ0v) is 9.77. The molecule has 0 radical (unpaired) electrons. The maximum absolute atomic E-state index is 11.4. The Morgan fingerprint density at radius 3 is 1.77 bits per heavy atom. The molecule has 2 nitrogen and oxygen atoms in total. The molecule has 3 heteroatoms. The number of halogens is 1. The summed E-state index contributed by atoms with van der Waals surface area (Å²) in [4.78, 5) is 13.2. The summed E-state index contributed by atoms with van der Waals surface area (Å²) in [6.07, 6.45) is 0. The van der Waals surface area contributed by atoms with Crippen molar-refractivity contribution >= 4 is 17.5 Å². The van der Waals surface area contributed by atoms with Gasteiger partial charge in [-0.15, -0.1) is 11.6 Å². The van der Waals surface area contributed by atoms with Crippen molar-refractivity contribution in [2.75, 3.05) is 19.0 Å². The van der Waals surface area contributed by atoms with Gasteiger partial charge >= 0.3 is 0 Å². The van der Waals surface area contributed by atoms with Crippen LogP contribution in [0.25, 0.3) is 0 Å². The van der Waals surface area contributed by atoms with Gasteiger partial charge in [0.2, 0.25) is 5.91 Å². The fourth-order valence-electron chi connectivity index (χ4n) is 1.24. The molecule has 0 N–H and O–H groups in total. The summed E-state index contributed by atoms with van der Waals surface area (Å²) in [6.45, 7) is 10.0. The fourth-order valence-corrected chi connectivity index (χ4v) is 1.41. The van der Waals surface area contributed by atoms with E-state index in [1.165, 1.54) is 0 Å². The highest BCUT2D eigenvalue weighted by Gasteiger charge is 2.14. The number of amides is 1. The van der Waals surface area contributed by atoms with Crippen molar-refractivity contribution in [3.05, 3.63) is 0 Å².